The fourth-order valence-electron chi connectivity index (χ4n) is 1.81. The minimum absolute atomic E-state index is 0.177. The van der Waals surface area contributed by atoms with E-state index in [0.717, 1.165) is 30.9 Å². The molecule has 0 aliphatic carbocycles. The second-order valence-corrected chi connectivity index (χ2v) is 3.49. The molecule has 1 aliphatic heterocycles. The molecule has 1 aliphatic rings. The summed E-state index contributed by atoms with van der Waals surface area (Å²) in [6.07, 6.45) is 8.08. The highest BCUT2D eigenvalue weighted by Gasteiger charge is 2.20. The molecule has 4 heteroatoms. The maximum atomic E-state index is 5.56. The lowest BCUT2D eigenvalue weighted by molar-refractivity contribution is 0.109. The van der Waals surface area contributed by atoms with Gasteiger partial charge in [0.05, 0.1) is 5.69 Å². The van der Waals surface area contributed by atoms with Crippen molar-refractivity contribution in [1.29, 1.82) is 0 Å². The first-order valence-electron chi connectivity index (χ1n) is 4.85. The third-order valence-electron chi connectivity index (χ3n) is 2.51. The highest BCUT2D eigenvalue weighted by atomic mass is 16.5. The zero-order valence-electron chi connectivity index (χ0n) is 7.76. The van der Waals surface area contributed by atoms with Crippen molar-refractivity contribution < 1.29 is 4.74 Å². The van der Waals surface area contributed by atoms with E-state index < -0.39 is 0 Å². The van der Waals surface area contributed by atoms with Crippen LogP contribution in [-0.2, 0) is 4.74 Å². The van der Waals surface area contributed by atoms with Crippen molar-refractivity contribution >= 4 is 5.78 Å². The van der Waals surface area contributed by atoms with Gasteiger partial charge < -0.3 is 4.74 Å². The molecule has 72 valence electrons. The molecule has 1 unspecified atom stereocenters. The summed E-state index contributed by atoms with van der Waals surface area (Å²) in [5.74, 6) is 0.748. The van der Waals surface area contributed by atoms with Gasteiger partial charge in [-0.2, -0.15) is 0 Å². The van der Waals surface area contributed by atoms with E-state index >= 15 is 0 Å². The van der Waals surface area contributed by atoms with E-state index in [2.05, 4.69) is 9.97 Å². The Morgan fingerprint density at radius 3 is 3.29 bits per heavy atom. The van der Waals surface area contributed by atoms with Crippen molar-refractivity contribution in [2.45, 2.75) is 18.9 Å². The molecule has 2 aromatic heterocycles. The number of aromatic nitrogens is 3. The van der Waals surface area contributed by atoms with Crippen LogP contribution < -0.4 is 0 Å². The van der Waals surface area contributed by atoms with Crippen molar-refractivity contribution in [3.05, 3.63) is 30.4 Å². The molecular weight excluding hydrogens is 178 g/mol. The number of rotatable bonds is 1. The summed E-state index contributed by atoms with van der Waals surface area (Å²) >= 11 is 0. The van der Waals surface area contributed by atoms with Crippen LogP contribution in [0.2, 0.25) is 0 Å². The van der Waals surface area contributed by atoms with Gasteiger partial charge in [0.2, 0.25) is 5.78 Å². The van der Waals surface area contributed by atoms with Gasteiger partial charge in [-0.15, -0.1) is 0 Å². The van der Waals surface area contributed by atoms with E-state index in [1.54, 1.807) is 6.20 Å². The zero-order valence-corrected chi connectivity index (χ0v) is 7.76. The third kappa shape index (κ3) is 1.19. The van der Waals surface area contributed by atoms with Crippen LogP contribution in [0, 0.1) is 0 Å². The molecule has 0 saturated carbocycles. The molecule has 0 radical (unpaired) electrons. The molecule has 1 saturated heterocycles. The largest absolute Gasteiger partial charge is 0.372 e. The van der Waals surface area contributed by atoms with Crippen LogP contribution in [0.5, 0.6) is 0 Å². The van der Waals surface area contributed by atoms with Crippen LogP contribution >= 0.6 is 0 Å². The van der Waals surface area contributed by atoms with Crippen molar-refractivity contribution in [3.63, 3.8) is 0 Å². The average molecular weight is 189 g/mol. The number of fused-ring (bicyclic) bond motifs is 1. The monoisotopic (exact) mass is 189 g/mol. The molecular formula is C10H11N3O. The van der Waals surface area contributed by atoms with Gasteiger partial charge in [-0.05, 0) is 18.9 Å². The standard InChI is InChI=1S/C10H11N3O/c1-3-9(14-6-1)8-7-13-5-2-4-11-10(13)12-8/h2,4-5,7,9H,1,3,6H2. The SMILES string of the molecule is c1cnc2nc(C3CCCO3)cn2c1. The average Bonchev–Trinajstić information content (AvgIpc) is 2.86. The van der Waals surface area contributed by atoms with Crippen molar-refractivity contribution in [1.82, 2.24) is 14.4 Å². The summed E-state index contributed by atoms with van der Waals surface area (Å²) in [5, 5.41) is 0. The maximum Gasteiger partial charge on any atom is 0.234 e. The van der Waals surface area contributed by atoms with Crippen LogP contribution in [0.1, 0.15) is 24.6 Å². The minimum atomic E-state index is 0.177. The molecule has 1 atom stereocenters. The number of imidazole rings is 1. The van der Waals surface area contributed by atoms with Gasteiger partial charge in [0.1, 0.15) is 6.10 Å². The molecule has 0 bridgehead atoms. The summed E-state index contributed by atoms with van der Waals surface area (Å²) in [4.78, 5) is 8.59. The lowest BCUT2D eigenvalue weighted by Gasteiger charge is -2.02. The van der Waals surface area contributed by atoms with E-state index in [1.165, 1.54) is 0 Å². The Balaban J connectivity index is 2.05. The normalized spacial score (nSPS) is 21.9. The van der Waals surface area contributed by atoms with Gasteiger partial charge in [-0.25, -0.2) is 9.97 Å². The van der Waals surface area contributed by atoms with Gasteiger partial charge in [0, 0.05) is 25.2 Å². The highest BCUT2D eigenvalue weighted by Crippen LogP contribution is 2.27. The van der Waals surface area contributed by atoms with Crippen molar-refractivity contribution in [3.8, 4) is 0 Å². The first-order valence-corrected chi connectivity index (χ1v) is 4.85. The molecule has 0 N–H and O–H groups in total. The van der Waals surface area contributed by atoms with E-state index in [0.29, 0.717) is 0 Å². The first kappa shape index (κ1) is 7.94. The number of ether oxygens (including phenoxy) is 1. The summed E-state index contributed by atoms with van der Waals surface area (Å²) in [7, 11) is 0. The maximum absolute atomic E-state index is 5.56. The molecule has 4 nitrogen and oxygen atoms in total. The van der Waals surface area contributed by atoms with Gasteiger partial charge in [0.15, 0.2) is 0 Å². The van der Waals surface area contributed by atoms with Gasteiger partial charge in [0.25, 0.3) is 0 Å². The Kier molecular flexibility index (Phi) is 1.73. The van der Waals surface area contributed by atoms with Crippen LogP contribution in [-0.4, -0.2) is 21.0 Å². The Labute approximate surface area is 81.6 Å². The quantitative estimate of drug-likeness (QED) is 0.683. The van der Waals surface area contributed by atoms with Crippen molar-refractivity contribution in [2.24, 2.45) is 0 Å². The lowest BCUT2D eigenvalue weighted by atomic mass is 10.2. The topological polar surface area (TPSA) is 39.4 Å². The molecule has 3 heterocycles. The van der Waals surface area contributed by atoms with Gasteiger partial charge >= 0.3 is 0 Å². The van der Waals surface area contributed by atoms with Gasteiger partial charge in [-0.3, -0.25) is 4.40 Å². The van der Waals surface area contributed by atoms with E-state index in [4.69, 9.17) is 4.74 Å². The second kappa shape index (κ2) is 3.06. The Bertz CT molecular complexity index is 412. The smallest absolute Gasteiger partial charge is 0.234 e. The van der Waals surface area contributed by atoms with Crippen molar-refractivity contribution in [2.75, 3.05) is 6.61 Å². The third-order valence-corrected chi connectivity index (χ3v) is 2.51. The van der Waals surface area contributed by atoms with Crippen LogP contribution in [0.15, 0.2) is 24.7 Å². The summed E-state index contributed by atoms with van der Waals surface area (Å²) in [5.41, 5.74) is 1.00. The number of hydrogen-bond acceptors (Lipinski definition) is 3. The van der Waals surface area contributed by atoms with Crippen LogP contribution in [0.3, 0.4) is 0 Å². The van der Waals surface area contributed by atoms with Crippen LogP contribution in [0.25, 0.3) is 5.78 Å². The number of nitrogens with zero attached hydrogens (tertiary/aromatic N) is 3. The molecule has 0 amide bonds. The fraction of sp³-hybridized carbons (Fsp3) is 0.400. The lowest BCUT2D eigenvalue weighted by Crippen LogP contribution is -1.95. The molecule has 2 aromatic rings. The Hall–Kier alpha value is -1.42. The number of hydrogen-bond donors (Lipinski definition) is 0. The van der Waals surface area contributed by atoms with E-state index in [-0.39, 0.29) is 6.10 Å². The predicted octanol–water partition coefficient (Wildman–Crippen LogP) is 1.58. The molecule has 3 rings (SSSR count). The highest BCUT2D eigenvalue weighted by molar-refractivity contribution is 5.30. The Morgan fingerprint density at radius 2 is 2.50 bits per heavy atom. The molecule has 0 spiro atoms. The Morgan fingerprint density at radius 1 is 1.50 bits per heavy atom. The van der Waals surface area contributed by atoms with Crippen LogP contribution in [0.4, 0.5) is 0 Å². The summed E-state index contributed by atoms with van der Waals surface area (Å²) < 4.78 is 7.49. The molecule has 1 fully saturated rings. The predicted molar refractivity (Wildman–Crippen MR) is 50.9 cm³/mol. The first-order chi connectivity index (χ1) is 6.93. The molecule has 14 heavy (non-hydrogen) atoms. The fourth-order valence-corrected chi connectivity index (χ4v) is 1.81. The second-order valence-electron chi connectivity index (χ2n) is 3.49. The molecule has 0 aromatic carbocycles. The van der Waals surface area contributed by atoms with Gasteiger partial charge in [-0.1, -0.05) is 0 Å². The minimum Gasteiger partial charge on any atom is -0.372 e. The zero-order chi connectivity index (χ0) is 9.38. The van der Waals surface area contributed by atoms with E-state index in [9.17, 15) is 0 Å². The van der Waals surface area contributed by atoms with E-state index in [1.807, 2.05) is 22.9 Å². The summed E-state index contributed by atoms with van der Waals surface area (Å²) in [6, 6.07) is 1.90. The summed E-state index contributed by atoms with van der Waals surface area (Å²) in [6.45, 7) is 0.853.